The summed E-state index contributed by atoms with van der Waals surface area (Å²) in [5.41, 5.74) is 15.0. The van der Waals surface area contributed by atoms with E-state index in [2.05, 4.69) is 19.2 Å². The third-order valence-electron chi connectivity index (χ3n) is 5.74. The molecule has 2 fully saturated rings. The van der Waals surface area contributed by atoms with E-state index in [1.165, 1.54) is 19.3 Å². The third kappa shape index (κ3) is 5.05. The molecule has 29 heavy (non-hydrogen) atoms. The molecule has 0 saturated heterocycles. The maximum atomic E-state index is 12.6. The number of carbonyl (C=O) groups is 2. The number of primary amides is 1. The van der Waals surface area contributed by atoms with Gasteiger partial charge in [0.15, 0.2) is 5.78 Å². The molecule has 2 aliphatic rings. The summed E-state index contributed by atoms with van der Waals surface area (Å²) in [5.74, 6) is -0.427. The lowest BCUT2D eigenvalue weighted by molar-refractivity contribution is -0.117. The predicted molar refractivity (Wildman–Crippen MR) is 117 cm³/mol. The molecule has 0 heterocycles. The first-order chi connectivity index (χ1) is 13.7. The smallest absolute Gasteiger partial charge is 0.250 e. The molecule has 1 aromatic carbocycles. The van der Waals surface area contributed by atoms with Crippen LogP contribution in [0.2, 0.25) is 0 Å². The van der Waals surface area contributed by atoms with E-state index in [1.54, 1.807) is 19.1 Å². The monoisotopic (exact) mass is 396 g/mol. The lowest BCUT2D eigenvalue weighted by Gasteiger charge is -2.31. The first-order valence-corrected chi connectivity index (χ1v) is 10.4. The zero-order valence-electron chi connectivity index (χ0n) is 17.7. The Bertz CT molecular complexity index is 873. The summed E-state index contributed by atoms with van der Waals surface area (Å²) in [7, 11) is 0. The molecule has 5 N–H and O–H groups in total. The summed E-state index contributed by atoms with van der Waals surface area (Å²) >= 11 is 0. The molecular weight excluding hydrogens is 364 g/mol. The van der Waals surface area contributed by atoms with Gasteiger partial charge in [0.25, 0.3) is 5.91 Å². The van der Waals surface area contributed by atoms with Crippen molar-refractivity contribution in [1.29, 1.82) is 0 Å². The molecule has 2 aliphatic carbocycles. The van der Waals surface area contributed by atoms with Crippen molar-refractivity contribution >= 4 is 28.8 Å². The summed E-state index contributed by atoms with van der Waals surface area (Å²) in [5, 5.41) is 3.49. The molecule has 0 radical (unpaired) electrons. The van der Waals surface area contributed by atoms with Crippen LogP contribution in [-0.4, -0.2) is 23.4 Å². The first kappa shape index (κ1) is 21.1. The van der Waals surface area contributed by atoms with Crippen molar-refractivity contribution < 1.29 is 9.59 Å². The van der Waals surface area contributed by atoms with Crippen molar-refractivity contribution in [3.05, 3.63) is 35.0 Å². The van der Waals surface area contributed by atoms with Crippen LogP contribution < -0.4 is 16.8 Å². The Morgan fingerprint density at radius 3 is 2.45 bits per heavy atom. The Labute approximate surface area is 172 Å². The number of anilines is 1. The Balaban J connectivity index is 1.98. The number of benzene rings is 1. The fraction of sp³-hybridized carbons (Fsp3) is 0.522. The number of Topliss-reactive ketones (excluding diaryl/α,β-unsaturated/α-hetero) is 1. The van der Waals surface area contributed by atoms with Gasteiger partial charge in [-0.15, -0.1) is 0 Å². The lowest BCUT2D eigenvalue weighted by Crippen LogP contribution is -2.33. The highest BCUT2D eigenvalue weighted by Gasteiger charge is 2.35. The molecule has 0 aliphatic heterocycles. The van der Waals surface area contributed by atoms with Crippen LogP contribution in [0.15, 0.2) is 34.5 Å². The van der Waals surface area contributed by atoms with Crippen LogP contribution in [0.3, 0.4) is 0 Å². The van der Waals surface area contributed by atoms with Gasteiger partial charge in [0.2, 0.25) is 0 Å². The van der Waals surface area contributed by atoms with Crippen molar-refractivity contribution in [3.63, 3.8) is 0 Å². The number of hydrogen-bond acceptors (Lipinski definition) is 5. The fourth-order valence-electron chi connectivity index (χ4n) is 4.39. The number of allylic oxidation sites excluding steroid dienone is 2. The van der Waals surface area contributed by atoms with Crippen LogP contribution in [0.5, 0.6) is 0 Å². The van der Waals surface area contributed by atoms with Crippen LogP contribution in [0.25, 0.3) is 0 Å². The quantitative estimate of drug-likeness (QED) is 0.662. The van der Waals surface area contributed by atoms with Crippen molar-refractivity contribution in [1.82, 2.24) is 0 Å². The minimum atomic E-state index is -0.463. The van der Waals surface area contributed by atoms with Crippen LogP contribution in [0.1, 0.15) is 76.1 Å². The van der Waals surface area contributed by atoms with E-state index in [-0.39, 0.29) is 11.2 Å². The van der Waals surface area contributed by atoms with Crippen LogP contribution >= 0.6 is 0 Å². The highest BCUT2D eigenvalue weighted by molar-refractivity contribution is 6.25. The molecule has 6 nitrogen and oxygen atoms in total. The second-order valence-corrected chi connectivity index (χ2v) is 9.13. The van der Waals surface area contributed by atoms with Gasteiger partial charge in [-0.25, -0.2) is 0 Å². The summed E-state index contributed by atoms with van der Waals surface area (Å²) in [6, 6.07) is 5.68. The van der Waals surface area contributed by atoms with Crippen LogP contribution in [0.4, 0.5) is 11.4 Å². The van der Waals surface area contributed by atoms with E-state index < -0.39 is 5.91 Å². The second kappa shape index (κ2) is 8.39. The number of rotatable bonds is 4. The van der Waals surface area contributed by atoms with Gasteiger partial charge in [-0.3, -0.25) is 14.6 Å². The fourth-order valence-corrected chi connectivity index (χ4v) is 4.39. The zero-order chi connectivity index (χ0) is 21.2. The van der Waals surface area contributed by atoms with Gasteiger partial charge >= 0.3 is 0 Å². The Morgan fingerprint density at radius 1 is 1.14 bits per heavy atom. The number of amides is 1. The van der Waals surface area contributed by atoms with Gasteiger partial charge in [-0.05, 0) is 49.8 Å². The predicted octanol–water partition coefficient (Wildman–Crippen LogP) is 4.22. The molecule has 0 bridgehead atoms. The van der Waals surface area contributed by atoms with Crippen LogP contribution in [0, 0.1) is 5.41 Å². The molecular formula is C23H32N4O2. The van der Waals surface area contributed by atoms with Gasteiger partial charge in [-0.2, -0.15) is 0 Å². The van der Waals surface area contributed by atoms with Crippen LogP contribution in [-0.2, 0) is 4.79 Å². The summed E-state index contributed by atoms with van der Waals surface area (Å²) in [6.45, 7) is 5.87. The topological polar surface area (TPSA) is 111 Å². The van der Waals surface area contributed by atoms with E-state index in [1.807, 2.05) is 6.07 Å². The van der Waals surface area contributed by atoms with Gasteiger partial charge in [0, 0.05) is 23.8 Å². The largest absolute Gasteiger partial charge is 0.402 e. The van der Waals surface area contributed by atoms with Crippen molar-refractivity contribution in [2.75, 3.05) is 5.32 Å². The first-order valence-electron chi connectivity index (χ1n) is 10.4. The number of aliphatic imine (C=N–C) groups is 1. The highest BCUT2D eigenvalue weighted by atomic mass is 16.1. The average Bonchev–Trinajstić information content (AvgIpc) is 2.60. The molecule has 0 atom stereocenters. The molecule has 3 rings (SSSR count). The van der Waals surface area contributed by atoms with Crippen molar-refractivity contribution in [2.45, 2.75) is 71.8 Å². The van der Waals surface area contributed by atoms with Gasteiger partial charge in [0.1, 0.15) is 0 Å². The molecule has 2 saturated carbocycles. The number of ketones is 1. The standard InChI is InChI=1S/C23H32N4O2/c1-14(24)21-19(12-23(2,3)13-20(21)28)27-16-9-10-17(22(25)29)18(11-16)26-15-7-5-4-6-8-15/h9-11,15,26H,4-8,12-13,24H2,1-3H3,(H2,25,29). The molecule has 6 heteroatoms. The van der Waals surface area contributed by atoms with Gasteiger partial charge in [-0.1, -0.05) is 33.1 Å². The van der Waals surface area contributed by atoms with Crippen molar-refractivity contribution in [3.8, 4) is 0 Å². The molecule has 0 aromatic heterocycles. The normalized spacial score (nSPS) is 23.1. The minimum Gasteiger partial charge on any atom is -0.402 e. The maximum Gasteiger partial charge on any atom is 0.250 e. The highest BCUT2D eigenvalue weighted by Crippen LogP contribution is 2.36. The van der Waals surface area contributed by atoms with E-state index in [9.17, 15) is 9.59 Å². The molecule has 0 spiro atoms. The molecule has 1 aromatic rings. The van der Waals surface area contributed by atoms with Crippen molar-refractivity contribution in [2.24, 2.45) is 21.9 Å². The van der Waals surface area contributed by atoms with Gasteiger partial charge in [0.05, 0.1) is 22.5 Å². The average molecular weight is 397 g/mol. The number of hydrogen-bond donors (Lipinski definition) is 3. The maximum absolute atomic E-state index is 12.6. The van der Waals surface area contributed by atoms with E-state index in [4.69, 9.17) is 16.5 Å². The summed E-state index contributed by atoms with van der Waals surface area (Å²) < 4.78 is 0. The summed E-state index contributed by atoms with van der Waals surface area (Å²) in [6.07, 6.45) is 6.93. The molecule has 0 unspecified atom stereocenters. The minimum absolute atomic E-state index is 0.0364. The second-order valence-electron chi connectivity index (χ2n) is 9.13. The summed E-state index contributed by atoms with van der Waals surface area (Å²) in [4.78, 5) is 29.3. The number of nitrogens with zero attached hydrogens (tertiary/aromatic N) is 1. The SMILES string of the molecule is CC(N)=C1C(=O)CC(C)(C)CC1=Nc1ccc(C(N)=O)c(NC2CCCCC2)c1. The van der Waals surface area contributed by atoms with Gasteiger partial charge < -0.3 is 16.8 Å². The zero-order valence-corrected chi connectivity index (χ0v) is 17.7. The Hall–Kier alpha value is -2.63. The Morgan fingerprint density at radius 2 is 1.83 bits per heavy atom. The number of nitrogens with two attached hydrogens (primary N) is 2. The Kier molecular flexibility index (Phi) is 6.10. The lowest BCUT2D eigenvalue weighted by atomic mass is 9.73. The number of carbonyl (C=O) groups excluding carboxylic acids is 2. The van der Waals surface area contributed by atoms with E-state index in [0.717, 1.165) is 12.8 Å². The van der Waals surface area contributed by atoms with E-state index >= 15 is 0 Å². The third-order valence-corrected chi connectivity index (χ3v) is 5.74. The number of nitrogens with one attached hydrogen (secondary N) is 1. The van der Waals surface area contributed by atoms with E-state index in [0.29, 0.717) is 52.8 Å². The molecule has 156 valence electrons. The molecule has 1 amide bonds.